The van der Waals surface area contributed by atoms with Crippen molar-refractivity contribution in [1.82, 2.24) is 5.32 Å². The minimum atomic E-state index is 0.459. The van der Waals surface area contributed by atoms with Crippen LogP contribution < -0.4 is 5.32 Å². The van der Waals surface area contributed by atoms with Crippen LogP contribution in [0.4, 0.5) is 0 Å². The van der Waals surface area contributed by atoms with Crippen LogP contribution >= 0.6 is 11.8 Å². The molecular formula is C25H27NS. The van der Waals surface area contributed by atoms with E-state index in [1.54, 1.807) is 0 Å². The predicted molar refractivity (Wildman–Crippen MR) is 117 cm³/mol. The molecule has 1 saturated heterocycles. The zero-order valence-electron chi connectivity index (χ0n) is 15.8. The Kier molecular flexibility index (Phi) is 5.96. The lowest BCUT2D eigenvalue weighted by molar-refractivity contribution is 0.494. The van der Waals surface area contributed by atoms with Crippen molar-refractivity contribution in [3.05, 3.63) is 102 Å². The van der Waals surface area contributed by atoms with Crippen molar-refractivity contribution in [2.75, 3.05) is 12.8 Å². The van der Waals surface area contributed by atoms with Gasteiger partial charge in [-0.1, -0.05) is 78.9 Å². The van der Waals surface area contributed by atoms with Gasteiger partial charge < -0.3 is 5.32 Å². The molecule has 0 saturated carbocycles. The minimum absolute atomic E-state index is 0.459. The number of hydrogen-bond donors (Lipinski definition) is 1. The molecule has 0 amide bonds. The molecule has 138 valence electrons. The lowest BCUT2D eigenvalue weighted by atomic mass is 9.79. The van der Waals surface area contributed by atoms with Crippen molar-refractivity contribution in [3.8, 4) is 0 Å². The standard InChI is InChI=1S/C25H27NS/c1-27-24-15-9-8-14-21(24)16-23-17-22(18-26-23)25(19-10-4-2-5-11-19)20-12-6-3-7-13-20/h2-15,22-23,25-26H,16-18H2,1H3. The molecular weight excluding hydrogens is 346 g/mol. The smallest absolute Gasteiger partial charge is 0.0130 e. The highest BCUT2D eigenvalue weighted by molar-refractivity contribution is 7.98. The van der Waals surface area contributed by atoms with Gasteiger partial charge in [0.2, 0.25) is 0 Å². The molecule has 0 spiro atoms. The fourth-order valence-electron chi connectivity index (χ4n) is 4.45. The van der Waals surface area contributed by atoms with E-state index in [4.69, 9.17) is 0 Å². The third-order valence-electron chi connectivity index (χ3n) is 5.70. The van der Waals surface area contributed by atoms with Gasteiger partial charge in [-0.25, -0.2) is 0 Å². The van der Waals surface area contributed by atoms with Crippen molar-refractivity contribution in [2.24, 2.45) is 5.92 Å². The van der Waals surface area contributed by atoms with E-state index < -0.39 is 0 Å². The van der Waals surface area contributed by atoms with E-state index in [1.807, 2.05) is 11.8 Å². The molecule has 3 aromatic rings. The van der Waals surface area contributed by atoms with Gasteiger partial charge in [0.1, 0.15) is 0 Å². The summed E-state index contributed by atoms with van der Waals surface area (Å²) in [7, 11) is 0. The Bertz CT molecular complexity index is 807. The van der Waals surface area contributed by atoms with E-state index in [9.17, 15) is 0 Å². The highest BCUT2D eigenvalue weighted by Crippen LogP contribution is 2.37. The quantitative estimate of drug-likeness (QED) is 0.551. The highest BCUT2D eigenvalue weighted by Gasteiger charge is 2.32. The normalized spacial score (nSPS) is 19.5. The maximum atomic E-state index is 3.82. The van der Waals surface area contributed by atoms with Gasteiger partial charge in [0, 0.05) is 16.9 Å². The first kappa shape index (κ1) is 18.3. The largest absolute Gasteiger partial charge is 0.313 e. The van der Waals surface area contributed by atoms with Crippen LogP contribution in [0.15, 0.2) is 89.8 Å². The van der Waals surface area contributed by atoms with Gasteiger partial charge in [0.25, 0.3) is 0 Å². The topological polar surface area (TPSA) is 12.0 Å². The average Bonchev–Trinajstić information content (AvgIpc) is 3.18. The molecule has 0 aliphatic carbocycles. The van der Waals surface area contributed by atoms with E-state index in [-0.39, 0.29) is 0 Å². The molecule has 0 aromatic heterocycles. The van der Waals surface area contributed by atoms with Crippen LogP contribution in [0.25, 0.3) is 0 Å². The first-order valence-corrected chi connectivity index (χ1v) is 11.0. The van der Waals surface area contributed by atoms with Crippen molar-refractivity contribution in [1.29, 1.82) is 0 Å². The highest BCUT2D eigenvalue weighted by atomic mass is 32.2. The number of benzene rings is 3. The van der Waals surface area contributed by atoms with E-state index in [1.165, 1.54) is 28.0 Å². The van der Waals surface area contributed by atoms with Crippen LogP contribution in [0, 0.1) is 5.92 Å². The van der Waals surface area contributed by atoms with Gasteiger partial charge in [-0.05, 0) is 54.3 Å². The molecule has 1 fully saturated rings. The maximum absolute atomic E-state index is 3.82. The van der Waals surface area contributed by atoms with Crippen molar-refractivity contribution in [3.63, 3.8) is 0 Å². The van der Waals surface area contributed by atoms with Crippen LogP contribution in [0.1, 0.15) is 29.0 Å². The summed E-state index contributed by atoms with van der Waals surface area (Å²) in [4.78, 5) is 1.41. The molecule has 1 nitrogen and oxygen atoms in total. The fraction of sp³-hybridized carbons (Fsp3) is 0.280. The lowest BCUT2D eigenvalue weighted by Gasteiger charge is -2.24. The molecule has 27 heavy (non-hydrogen) atoms. The van der Waals surface area contributed by atoms with E-state index in [0.29, 0.717) is 17.9 Å². The summed E-state index contributed by atoms with van der Waals surface area (Å²) in [5.74, 6) is 1.09. The Morgan fingerprint density at radius 2 is 1.44 bits per heavy atom. The number of rotatable bonds is 6. The molecule has 4 rings (SSSR count). The fourth-order valence-corrected chi connectivity index (χ4v) is 5.08. The SMILES string of the molecule is CSc1ccccc1CC1CC(C(c2ccccc2)c2ccccc2)CN1. The van der Waals surface area contributed by atoms with Gasteiger partial charge in [-0.3, -0.25) is 0 Å². The minimum Gasteiger partial charge on any atom is -0.313 e. The Morgan fingerprint density at radius 1 is 0.852 bits per heavy atom. The lowest BCUT2D eigenvalue weighted by Crippen LogP contribution is -2.24. The second-order valence-electron chi connectivity index (χ2n) is 7.42. The predicted octanol–water partition coefficient (Wildman–Crippen LogP) is 5.76. The van der Waals surface area contributed by atoms with E-state index in [2.05, 4.69) is 96.5 Å². The molecule has 0 radical (unpaired) electrons. The third kappa shape index (κ3) is 4.28. The summed E-state index contributed by atoms with van der Waals surface area (Å²) in [5, 5.41) is 3.82. The van der Waals surface area contributed by atoms with Crippen LogP contribution in [0.5, 0.6) is 0 Å². The summed E-state index contributed by atoms with van der Waals surface area (Å²) >= 11 is 1.85. The summed E-state index contributed by atoms with van der Waals surface area (Å²) in [6, 6.07) is 31.4. The molecule has 2 unspecified atom stereocenters. The number of nitrogens with one attached hydrogen (secondary N) is 1. The molecule has 3 aromatic carbocycles. The first-order chi connectivity index (χ1) is 13.3. The first-order valence-electron chi connectivity index (χ1n) is 9.80. The number of thioether (sulfide) groups is 1. The Balaban J connectivity index is 1.54. The molecule has 2 atom stereocenters. The Morgan fingerprint density at radius 3 is 2.07 bits per heavy atom. The van der Waals surface area contributed by atoms with Gasteiger partial charge in [-0.15, -0.1) is 11.8 Å². The van der Waals surface area contributed by atoms with Crippen molar-refractivity contribution < 1.29 is 0 Å². The second-order valence-corrected chi connectivity index (χ2v) is 8.26. The summed E-state index contributed by atoms with van der Waals surface area (Å²) < 4.78 is 0. The van der Waals surface area contributed by atoms with Gasteiger partial charge in [0.05, 0.1) is 0 Å². The molecule has 1 aliphatic heterocycles. The Hall–Kier alpha value is -2.03. The monoisotopic (exact) mass is 373 g/mol. The van der Waals surface area contributed by atoms with E-state index >= 15 is 0 Å². The molecule has 0 bridgehead atoms. The summed E-state index contributed by atoms with van der Waals surface area (Å²) in [5.41, 5.74) is 4.33. The number of hydrogen-bond acceptors (Lipinski definition) is 2. The zero-order valence-corrected chi connectivity index (χ0v) is 16.7. The van der Waals surface area contributed by atoms with Crippen LogP contribution in [0.3, 0.4) is 0 Å². The molecule has 2 heteroatoms. The van der Waals surface area contributed by atoms with E-state index in [0.717, 1.165) is 13.0 Å². The maximum Gasteiger partial charge on any atom is 0.0130 e. The van der Waals surface area contributed by atoms with Crippen molar-refractivity contribution >= 4 is 11.8 Å². The molecule has 1 heterocycles. The molecule has 1 N–H and O–H groups in total. The summed E-state index contributed by atoms with van der Waals surface area (Å²) in [6.45, 7) is 1.08. The Labute approximate surface area is 167 Å². The van der Waals surface area contributed by atoms with Crippen LogP contribution in [0.2, 0.25) is 0 Å². The molecule has 1 aliphatic rings. The van der Waals surface area contributed by atoms with Gasteiger partial charge >= 0.3 is 0 Å². The zero-order chi connectivity index (χ0) is 18.5. The second kappa shape index (κ2) is 8.77. The van der Waals surface area contributed by atoms with Crippen LogP contribution in [-0.4, -0.2) is 18.8 Å². The third-order valence-corrected chi connectivity index (χ3v) is 6.54. The average molecular weight is 374 g/mol. The van der Waals surface area contributed by atoms with Crippen molar-refractivity contribution in [2.45, 2.75) is 29.7 Å². The van der Waals surface area contributed by atoms with Gasteiger partial charge in [0.15, 0.2) is 0 Å². The van der Waals surface area contributed by atoms with Gasteiger partial charge in [-0.2, -0.15) is 0 Å². The summed E-state index contributed by atoms with van der Waals surface area (Å²) in [6.07, 6.45) is 4.51. The van der Waals surface area contributed by atoms with Crippen LogP contribution in [-0.2, 0) is 6.42 Å².